The van der Waals surface area contributed by atoms with E-state index < -0.39 is 22.3 Å². The average Bonchev–Trinajstić information content (AvgIpc) is 2.27. The Morgan fingerprint density at radius 3 is 2.47 bits per heavy atom. The predicted octanol–water partition coefficient (Wildman–Crippen LogP) is 1.30. The summed E-state index contributed by atoms with van der Waals surface area (Å²) in [4.78, 5) is 11.5. The molecule has 6 heteroatoms. The number of nitrogens with two attached hydrogens (primary N) is 2. The van der Waals surface area contributed by atoms with E-state index in [4.69, 9.17) is 16.9 Å². The van der Waals surface area contributed by atoms with Gasteiger partial charge in [-0.2, -0.15) is 0 Å². The Labute approximate surface area is 98.9 Å². The molecule has 0 aliphatic heterocycles. The van der Waals surface area contributed by atoms with E-state index in [0.29, 0.717) is 12.0 Å². The number of nitrogens with zero attached hydrogens (tertiary/aromatic N) is 1. The number of urea groups is 1. The van der Waals surface area contributed by atoms with E-state index in [1.807, 2.05) is 6.92 Å². The molecule has 5 N–H and O–H groups in total. The lowest BCUT2D eigenvalue weighted by Gasteiger charge is -2.28. The minimum atomic E-state index is -0.891. The van der Waals surface area contributed by atoms with E-state index in [2.05, 4.69) is 0 Å². The summed E-state index contributed by atoms with van der Waals surface area (Å²) < 4.78 is 13.0. The van der Waals surface area contributed by atoms with Crippen LogP contribution in [0.15, 0.2) is 18.2 Å². The number of quaternary nitrogens is 1. The van der Waals surface area contributed by atoms with Crippen LogP contribution in [0, 0.1) is 11.2 Å². The summed E-state index contributed by atoms with van der Waals surface area (Å²) in [6, 6.07) is 3.55. The van der Waals surface area contributed by atoms with Gasteiger partial charge < -0.3 is 11.5 Å². The van der Waals surface area contributed by atoms with E-state index in [-0.39, 0.29) is 5.69 Å². The fourth-order valence-corrected chi connectivity index (χ4v) is 1.70. The highest BCUT2D eigenvalue weighted by atomic mass is 19.1. The molecule has 0 aromatic heterocycles. The van der Waals surface area contributed by atoms with Gasteiger partial charge in [-0.25, -0.2) is 14.6 Å². The molecule has 92 valence electrons. The van der Waals surface area contributed by atoms with Crippen LogP contribution in [0.5, 0.6) is 0 Å². The second kappa shape index (κ2) is 4.50. The summed E-state index contributed by atoms with van der Waals surface area (Å²) in [5, 5.41) is 7.47. The fourth-order valence-electron chi connectivity index (χ4n) is 1.70. The maximum absolute atomic E-state index is 13.9. The summed E-state index contributed by atoms with van der Waals surface area (Å²) in [5.74, 6) is -1.11. The number of halogens is 1. The first-order valence-electron chi connectivity index (χ1n) is 5.14. The molecule has 0 radical (unpaired) electrons. The number of hydrogen-bond acceptors (Lipinski definition) is 2. The highest BCUT2D eigenvalue weighted by Gasteiger charge is 2.41. The number of guanidine groups is 1. The maximum atomic E-state index is 13.9. The van der Waals surface area contributed by atoms with Gasteiger partial charge in [-0.15, -0.1) is 4.48 Å². The minimum Gasteiger partial charge on any atom is -0.337 e. The van der Waals surface area contributed by atoms with Gasteiger partial charge in [0.25, 0.3) is 0 Å². The minimum absolute atomic E-state index is 0.0370. The first kappa shape index (κ1) is 13.1. The van der Waals surface area contributed by atoms with Crippen molar-refractivity contribution in [3.8, 4) is 0 Å². The highest BCUT2D eigenvalue weighted by Crippen LogP contribution is 2.29. The van der Waals surface area contributed by atoms with Crippen LogP contribution < -0.4 is 16.0 Å². The quantitative estimate of drug-likeness (QED) is 0.412. The Balaban J connectivity index is 3.59. The number of para-hydroxylation sites is 1. The average molecular weight is 239 g/mol. The van der Waals surface area contributed by atoms with Crippen LogP contribution in [-0.4, -0.2) is 19.0 Å². The Morgan fingerprint density at radius 1 is 1.47 bits per heavy atom. The van der Waals surface area contributed by atoms with Crippen molar-refractivity contribution in [2.24, 2.45) is 11.5 Å². The van der Waals surface area contributed by atoms with E-state index in [1.165, 1.54) is 13.1 Å². The van der Waals surface area contributed by atoms with Gasteiger partial charge in [-0.05, 0) is 12.5 Å². The molecule has 0 saturated carbocycles. The smallest absolute Gasteiger partial charge is 0.337 e. The predicted molar refractivity (Wildman–Crippen MR) is 65.0 cm³/mol. The number of carbonyl (C=O) groups is 1. The Morgan fingerprint density at radius 2 is 2.06 bits per heavy atom. The third-order valence-electron chi connectivity index (χ3n) is 2.82. The third kappa shape index (κ3) is 1.99. The van der Waals surface area contributed by atoms with Crippen molar-refractivity contribution in [2.75, 3.05) is 7.05 Å². The third-order valence-corrected chi connectivity index (χ3v) is 2.82. The van der Waals surface area contributed by atoms with Gasteiger partial charge in [-0.1, -0.05) is 19.1 Å². The SMILES string of the molecule is CCc1cccc(F)c1[N+](C)(C(=N)N)C(N)=O. The van der Waals surface area contributed by atoms with Crippen LogP contribution in [-0.2, 0) is 6.42 Å². The van der Waals surface area contributed by atoms with Crippen molar-refractivity contribution >= 4 is 17.7 Å². The molecule has 1 aromatic rings. The van der Waals surface area contributed by atoms with Gasteiger partial charge >= 0.3 is 12.0 Å². The van der Waals surface area contributed by atoms with Crippen molar-refractivity contribution < 1.29 is 9.18 Å². The second-order valence-electron chi connectivity index (χ2n) is 3.83. The maximum Gasteiger partial charge on any atom is 0.426 e. The normalized spacial score (nSPS) is 14.1. The van der Waals surface area contributed by atoms with Crippen molar-refractivity contribution in [3.05, 3.63) is 29.6 Å². The highest BCUT2D eigenvalue weighted by molar-refractivity contribution is 6.07. The number of benzene rings is 1. The van der Waals surface area contributed by atoms with Crippen molar-refractivity contribution in [1.29, 1.82) is 5.41 Å². The molecule has 0 bridgehead atoms. The van der Waals surface area contributed by atoms with Crippen LogP contribution in [0.25, 0.3) is 0 Å². The standard InChI is InChI=1S/C11H15FN4O/c1-3-7-5-4-6-8(12)9(7)16(2,10(13)14)11(15)17/h4-6H,3H2,1-2H3,(H4-,13,14,15,17)/p+1. The zero-order chi connectivity index (χ0) is 13.2. The fraction of sp³-hybridized carbons (Fsp3) is 0.273. The molecule has 17 heavy (non-hydrogen) atoms. The van der Waals surface area contributed by atoms with Gasteiger partial charge in [0.05, 0.1) is 7.05 Å². The van der Waals surface area contributed by atoms with Gasteiger partial charge in [0.2, 0.25) is 0 Å². The summed E-state index contributed by atoms with van der Waals surface area (Å²) in [5.41, 5.74) is 11.3. The summed E-state index contributed by atoms with van der Waals surface area (Å²) in [6.45, 7) is 1.82. The lowest BCUT2D eigenvalue weighted by atomic mass is 10.1. The molecule has 0 spiro atoms. The van der Waals surface area contributed by atoms with Crippen molar-refractivity contribution in [3.63, 3.8) is 0 Å². The summed E-state index contributed by atoms with van der Waals surface area (Å²) in [7, 11) is 1.31. The first-order chi connectivity index (χ1) is 7.85. The molecule has 0 fully saturated rings. The Hall–Kier alpha value is -1.95. The lowest BCUT2D eigenvalue weighted by molar-refractivity contribution is 0.234. The van der Waals surface area contributed by atoms with Gasteiger partial charge in [0.15, 0.2) is 11.5 Å². The number of nitrogens with one attached hydrogen (secondary N) is 1. The largest absolute Gasteiger partial charge is 0.426 e. The van der Waals surface area contributed by atoms with E-state index in [1.54, 1.807) is 12.1 Å². The molecule has 0 heterocycles. The molecular weight excluding hydrogens is 223 g/mol. The van der Waals surface area contributed by atoms with Crippen molar-refractivity contribution in [1.82, 2.24) is 4.48 Å². The number of amides is 2. The van der Waals surface area contributed by atoms with Crippen LogP contribution >= 0.6 is 0 Å². The molecule has 5 nitrogen and oxygen atoms in total. The number of primary amides is 1. The molecule has 1 aromatic carbocycles. The topological polar surface area (TPSA) is 93.0 Å². The zero-order valence-corrected chi connectivity index (χ0v) is 9.83. The molecule has 2 amide bonds. The molecule has 1 atom stereocenters. The van der Waals surface area contributed by atoms with Gasteiger partial charge in [-0.3, -0.25) is 0 Å². The monoisotopic (exact) mass is 239 g/mol. The van der Waals surface area contributed by atoms with Crippen molar-refractivity contribution in [2.45, 2.75) is 13.3 Å². The van der Waals surface area contributed by atoms with Crippen LogP contribution in [0.3, 0.4) is 0 Å². The van der Waals surface area contributed by atoms with Crippen LogP contribution in [0.2, 0.25) is 0 Å². The number of aryl methyl sites for hydroxylation is 1. The first-order valence-corrected chi connectivity index (χ1v) is 5.14. The second-order valence-corrected chi connectivity index (χ2v) is 3.83. The van der Waals surface area contributed by atoms with Crippen LogP contribution in [0.1, 0.15) is 12.5 Å². The molecule has 0 aliphatic rings. The zero-order valence-electron chi connectivity index (χ0n) is 9.83. The Bertz CT molecular complexity index is 459. The molecule has 0 aliphatic carbocycles. The molecule has 1 rings (SSSR count). The van der Waals surface area contributed by atoms with Gasteiger partial charge in [0.1, 0.15) is 0 Å². The molecule has 0 saturated heterocycles. The molecular formula is C11H16FN4O+. The van der Waals surface area contributed by atoms with Crippen LogP contribution in [0.4, 0.5) is 14.9 Å². The summed E-state index contributed by atoms with van der Waals surface area (Å²) >= 11 is 0. The summed E-state index contributed by atoms with van der Waals surface area (Å²) in [6.07, 6.45) is 0.515. The van der Waals surface area contributed by atoms with E-state index in [9.17, 15) is 9.18 Å². The van der Waals surface area contributed by atoms with Gasteiger partial charge in [0, 0.05) is 5.56 Å². The molecule has 1 unspecified atom stereocenters. The number of carbonyl (C=O) groups excluding carboxylic acids is 1. The number of hydrogen-bond donors (Lipinski definition) is 3. The van der Waals surface area contributed by atoms with E-state index in [0.717, 1.165) is 0 Å². The van der Waals surface area contributed by atoms with E-state index >= 15 is 0 Å². The number of rotatable bonds is 2. The lowest BCUT2D eigenvalue weighted by Crippen LogP contribution is -2.61. The Kier molecular flexibility index (Phi) is 3.47.